The van der Waals surface area contributed by atoms with Crippen LogP contribution in [0.15, 0.2) is 30.4 Å². The number of benzene rings is 1. The van der Waals surface area contributed by atoms with Gasteiger partial charge >= 0.3 is 0 Å². The maximum absolute atomic E-state index is 13.3. The third kappa shape index (κ3) is 4.01. The molecule has 4 rings (SSSR count). The lowest BCUT2D eigenvalue weighted by Crippen LogP contribution is -2.44. The number of ketones is 1. The molecule has 0 heterocycles. The highest BCUT2D eigenvalue weighted by atomic mass is 79.9. The quantitative estimate of drug-likeness (QED) is 0.239. The Bertz CT molecular complexity index is 884. The van der Waals surface area contributed by atoms with E-state index in [1.54, 1.807) is 0 Å². The maximum Gasteiger partial charge on any atom is 0.250 e. The number of aryl methyl sites for hydroxylation is 1. The van der Waals surface area contributed by atoms with E-state index in [4.69, 9.17) is 4.43 Å². The molecule has 0 saturated heterocycles. The molecule has 2 nitrogen and oxygen atoms in total. The molecular formula is C27H39BrO2Si. The average molecular weight is 504 g/mol. The normalized spacial score (nSPS) is 33.2. The van der Waals surface area contributed by atoms with E-state index < -0.39 is 8.32 Å². The summed E-state index contributed by atoms with van der Waals surface area (Å²) in [6, 6.07) is 6.91. The summed E-state index contributed by atoms with van der Waals surface area (Å²) in [6.45, 7) is 13.8. The monoisotopic (exact) mass is 502 g/mol. The summed E-state index contributed by atoms with van der Waals surface area (Å²) in [6.07, 6.45) is 9.84. The van der Waals surface area contributed by atoms with Gasteiger partial charge in [0.1, 0.15) is 11.5 Å². The van der Waals surface area contributed by atoms with Crippen LogP contribution in [0.25, 0.3) is 0 Å². The molecule has 0 aromatic heterocycles. The van der Waals surface area contributed by atoms with Gasteiger partial charge in [0.15, 0.2) is 0 Å². The van der Waals surface area contributed by atoms with Crippen molar-refractivity contribution >= 4 is 30.0 Å². The number of rotatable bonds is 4. The number of fused-ring (bicyclic) bond motifs is 5. The number of hydrogen-bond acceptors (Lipinski definition) is 2. The summed E-state index contributed by atoms with van der Waals surface area (Å²) < 4.78 is 6.60. The van der Waals surface area contributed by atoms with Gasteiger partial charge in [0.05, 0.1) is 0 Å². The highest BCUT2D eigenvalue weighted by Gasteiger charge is 2.57. The van der Waals surface area contributed by atoms with Crippen LogP contribution in [-0.2, 0) is 11.2 Å². The van der Waals surface area contributed by atoms with Crippen LogP contribution in [0.1, 0.15) is 70.4 Å². The molecule has 0 spiro atoms. The molecule has 2 saturated carbocycles. The van der Waals surface area contributed by atoms with Crippen LogP contribution in [-0.4, -0.2) is 19.4 Å². The van der Waals surface area contributed by atoms with Crippen LogP contribution < -0.4 is 4.43 Å². The van der Waals surface area contributed by atoms with Crippen molar-refractivity contribution in [3.05, 3.63) is 41.5 Å². The van der Waals surface area contributed by atoms with E-state index in [2.05, 4.69) is 87.1 Å². The number of hydrogen-bond donors (Lipinski definition) is 0. The number of halogens is 1. The average Bonchev–Trinajstić information content (AvgIpc) is 2.95. The zero-order chi connectivity index (χ0) is 22.6. The van der Waals surface area contributed by atoms with Crippen LogP contribution in [0.2, 0.25) is 18.1 Å². The fourth-order valence-electron chi connectivity index (χ4n) is 6.32. The lowest BCUT2D eigenvalue weighted by atomic mass is 9.55. The molecule has 170 valence electrons. The van der Waals surface area contributed by atoms with Gasteiger partial charge < -0.3 is 4.43 Å². The van der Waals surface area contributed by atoms with Crippen molar-refractivity contribution < 1.29 is 9.22 Å². The summed E-state index contributed by atoms with van der Waals surface area (Å²) in [4.78, 5) is 13.3. The molecular weight excluding hydrogens is 464 g/mol. The van der Waals surface area contributed by atoms with Gasteiger partial charge in [-0.2, -0.15) is 0 Å². The van der Waals surface area contributed by atoms with Crippen molar-refractivity contribution in [2.24, 2.45) is 23.2 Å². The van der Waals surface area contributed by atoms with Crippen LogP contribution in [0.4, 0.5) is 0 Å². The van der Waals surface area contributed by atoms with Gasteiger partial charge in [-0.15, -0.1) is 0 Å². The molecule has 0 radical (unpaired) electrons. The van der Waals surface area contributed by atoms with Gasteiger partial charge in [-0.3, -0.25) is 4.79 Å². The lowest BCUT2D eigenvalue weighted by Gasteiger charge is -2.48. The smallest absolute Gasteiger partial charge is 0.250 e. The van der Waals surface area contributed by atoms with Crippen LogP contribution in [0, 0.1) is 23.2 Å². The van der Waals surface area contributed by atoms with Crippen molar-refractivity contribution in [3.63, 3.8) is 0 Å². The molecule has 1 aromatic carbocycles. The molecule has 3 aliphatic rings. The highest BCUT2D eigenvalue weighted by molar-refractivity contribution is 9.09. The van der Waals surface area contributed by atoms with Crippen LogP contribution in [0.3, 0.4) is 0 Å². The van der Waals surface area contributed by atoms with E-state index in [-0.39, 0.29) is 16.4 Å². The number of carbonyl (C=O) groups excluding carboxylic acids is 1. The maximum atomic E-state index is 13.3. The third-order valence-corrected chi connectivity index (χ3v) is 13.9. The Labute approximate surface area is 198 Å². The molecule has 31 heavy (non-hydrogen) atoms. The van der Waals surface area contributed by atoms with Gasteiger partial charge in [0.25, 0.3) is 0 Å². The van der Waals surface area contributed by atoms with Gasteiger partial charge in [0.2, 0.25) is 8.32 Å². The van der Waals surface area contributed by atoms with Crippen molar-refractivity contribution in [2.45, 2.75) is 83.8 Å². The van der Waals surface area contributed by atoms with Crippen molar-refractivity contribution in [1.29, 1.82) is 0 Å². The molecule has 1 aromatic rings. The highest BCUT2D eigenvalue weighted by Crippen LogP contribution is 2.61. The van der Waals surface area contributed by atoms with E-state index in [0.29, 0.717) is 23.5 Å². The number of carbonyl (C=O) groups is 1. The Morgan fingerprint density at radius 1 is 1.26 bits per heavy atom. The molecule has 0 unspecified atom stereocenters. The second-order valence-corrected chi connectivity index (χ2v) is 17.3. The number of Topliss-reactive ketones (excluding diaryl/α,β-unsaturated/α-hetero) is 1. The zero-order valence-corrected chi connectivity index (χ0v) is 22.7. The Hall–Kier alpha value is -0.873. The second-order valence-electron chi connectivity index (χ2n) is 11.9. The second kappa shape index (κ2) is 8.16. The summed E-state index contributed by atoms with van der Waals surface area (Å²) >= 11 is 3.47. The first-order chi connectivity index (χ1) is 14.5. The fraction of sp³-hybridized carbons (Fsp3) is 0.667. The first kappa shape index (κ1) is 23.3. The fourth-order valence-corrected chi connectivity index (χ4v) is 7.55. The number of allylic oxidation sites excluding steroid dienone is 2. The first-order valence-corrected chi connectivity index (χ1v) is 16.1. The van der Waals surface area contributed by atoms with Crippen LogP contribution in [0.5, 0.6) is 5.75 Å². The minimum Gasteiger partial charge on any atom is -0.543 e. The number of alkyl halides is 1. The van der Waals surface area contributed by atoms with E-state index in [1.165, 1.54) is 17.5 Å². The third-order valence-electron chi connectivity index (χ3n) is 9.13. The van der Waals surface area contributed by atoms with E-state index >= 15 is 0 Å². The Morgan fingerprint density at radius 2 is 2.00 bits per heavy atom. The Morgan fingerprint density at radius 3 is 2.68 bits per heavy atom. The Balaban J connectivity index is 1.57. The molecule has 0 amide bonds. The van der Waals surface area contributed by atoms with Gasteiger partial charge in [-0.25, -0.2) is 0 Å². The van der Waals surface area contributed by atoms with Gasteiger partial charge in [-0.05, 0) is 91.2 Å². The summed E-state index contributed by atoms with van der Waals surface area (Å²) in [5.74, 6) is 3.45. The van der Waals surface area contributed by atoms with E-state index in [0.717, 1.165) is 36.8 Å². The Kier molecular flexibility index (Phi) is 6.13. The largest absolute Gasteiger partial charge is 0.543 e. The topological polar surface area (TPSA) is 26.3 Å². The SMILES string of the molecule is CC(C)(C)[Si](C)(C)Oc1ccc2c(c1)CC[C@@H]1[C@@H]2CC[C@]2(C)C(=O)[C@H](/C=C/CBr)C[C@@H]12. The van der Waals surface area contributed by atoms with E-state index in [1.807, 2.05) is 0 Å². The van der Waals surface area contributed by atoms with E-state index in [9.17, 15) is 4.79 Å². The van der Waals surface area contributed by atoms with Crippen molar-refractivity contribution in [2.75, 3.05) is 5.33 Å². The van der Waals surface area contributed by atoms with Gasteiger partial charge in [-0.1, -0.05) is 61.8 Å². The molecule has 0 bridgehead atoms. The molecule has 2 fully saturated rings. The van der Waals surface area contributed by atoms with Crippen LogP contribution >= 0.6 is 15.9 Å². The molecule has 4 heteroatoms. The van der Waals surface area contributed by atoms with Crippen molar-refractivity contribution in [1.82, 2.24) is 0 Å². The minimum absolute atomic E-state index is 0.119. The predicted molar refractivity (Wildman–Crippen MR) is 136 cm³/mol. The first-order valence-electron chi connectivity index (χ1n) is 12.1. The summed E-state index contributed by atoms with van der Waals surface area (Å²) in [7, 11) is -1.83. The molecule has 0 aliphatic heterocycles. The molecule has 3 aliphatic carbocycles. The molecule has 0 N–H and O–H groups in total. The lowest BCUT2D eigenvalue weighted by molar-refractivity contribution is -0.131. The van der Waals surface area contributed by atoms with Crippen molar-refractivity contribution in [3.8, 4) is 5.75 Å². The standard InChI is InChI=1S/C27H39BrO2Si/c1-26(2,3)31(5,6)30-20-10-12-21-18(16-20)9-11-23-22(21)13-14-27(4)24(23)17-19(25(27)29)8-7-15-28/h7-8,10,12,16,19,22-24H,9,11,13-15,17H2,1-6H3/b8-7+/t19-,22-,23-,24+,27+/m1/s1. The zero-order valence-electron chi connectivity index (χ0n) is 20.1. The molecule has 5 atom stereocenters. The summed E-state index contributed by atoms with van der Waals surface area (Å²) in [5.41, 5.74) is 2.90. The predicted octanol–water partition coefficient (Wildman–Crippen LogP) is 7.67. The van der Waals surface area contributed by atoms with Gasteiger partial charge in [0, 0.05) is 16.7 Å². The minimum atomic E-state index is -1.83. The summed E-state index contributed by atoms with van der Waals surface area (Å²) in [5, 5.41) is 1.04.